The molecule has 0 radical (unpaired) electrons. The van der Waals surface area contributed by atoms with Crippen LogP contribution < -0.4 is 0 Å². The molecular weight excluding hydrogens is 178 g/mol. The molecule has 1 amide bonds. The van der Waals surface area contributed by atoms with Gasteiger partial charge in [-0.2, -0.15) is 0 Å². The average molecular weight is 187 g/mol. The summed E-state index contributed by atoms with van der Waals surface area (Å²) in [5.74, 6) is 2.89. The van der Waals surface area contributed by atoms with Gasteiger partial charge in [0, 0.05) is 11.6 Å². The molecule has 0 spiro atoms. The third-order valence-corrected chi connectivity index (χ3v) is 1.87. The molecule has 1 saturated heterocycles. The number of cyclic esters (lactones) is 1. The molecule has 0 saturated carbocycles. The van der Waals surface area contributed by atoms with Crippen molar-refractivity contribution in [3.8, 4) is 12.0 Å². The standard InChI is InChI=1S/C11H9NO2/c13-11-12(8-9-14-11)7-6-10-4-2-1-3-5-10/h1-5H,8-9H2. The van der Waals surface area contributed by atoms with E-state index in [0.29, 0.717) is 13.2 Å². The van der Waals surface area contributed by atoms with Crippen LogP contribution in [0, 0.1) is 12.0 Å². The van der Waals surface area contributed by atoms with Crippen molar-refractivity contribution < 1.29 is 9.53 Å². The van der Waals surface area contributed by atoms with Crippen molar-refractivity contribution in [3.05, 3.63) is 35.9 Å². The number of hydrogen-bond donors (Lipinski definition) is 0. The summed E-state index contributed by atoms with van der Waals surface area (Å²) >= 11 is 0. The molecule has 1 aromatic carbocycles. The van der Waals surface area contributed by atoms with Crippen molar-refractivity contribution >= 4 is 6.09 Å². The summed E-state index contributed by atoms with van der Waals surface area (Å²) < 4.78 is 4.74. The minimum absolute atomic E-state index is 0.353. The Hall–Kier alpha value is -1.95. The SMILES string of the molecule is O=C1OCCN1C#Cc1ccccc1. The molecule has 0 atom stereocenters. The molecule has 3 nitrogen and oxygen atoms in total. The molecule has 0 aromatic heterocycles. The topological polar surface area (TPSA) is 29.5 Å². The third-order valence-electron chi connectivity index (χ3n) is 1.87. The molecule has 2 rings (SSSR count). The van der Waals surface area contributed by atoms with Crippen LogP contribution in [0.5, 0.6) is 0 Å². The van der Waals surface area contributed by atoms with Crippen molar-refractivity contribution in [2.45, 2.75) is 0 Å². The lowest BCUT2D eigenvalue weighted by molar-refractivity contribution is 0.167. The Morgan fingerprint density at radius 3 is 2.71 bits per heavy atom. The summed E-state index contributed by atoms with van der Waals surface area (Å²) in [4.78, 5) is 12.4. The molecule has 1 aliphatic rings. The summed E-state index contributed by atoms with van der Waals surface area (Å²) in [5.41, 5.74) is 0.896. The number of rotatable bonds is 0. The molecule has 1 fully saturated rings. The van der Waals surface area contributed by atoms with Gasteiger partial charge in [-0.15, -0.1) is 0 Å². The second-order valence-corrected chi connectivity index (χ2v) is 2.87. The largest absolute Gasteiger partial charge is 0.447 e. The minimum atomic E-state index is -0.353. The van der Waals surface area contributed by atoms with Crippen LogP contribution in [0.15, 0.2) is 30.3 Å². The zero-order valence-electron chi connectivity index (χ0n) is 7.56. The van der Waals surface area contributed by atoms with Gasteiger partial charge in [0.2, 0.25) is 0 Å². The zero-order valence-corrected chi connectivity index (χ0v) is 7.56. The fraction of sp³-hybridized carbons (Fsp3) is 0.182. The highest BCUT2D eigenvalue weighted by Crippen LogP contribution is 2.01. The maximum absolute atomic E-state index is 11.0. The first-order valence-corrected chi connectivity index (χ1v) is 4.37. The molecule has 0 bridgehead atoms. The van der Waals surface area contributed by atoms with Crippen LogP contribution >= 0.6 is 0 Å². The predicted molar refractivity (Wildman–Crippen MR) is 51.4 cm³/mol. The molecule has 14 heavy (non-hydrogen) atoms. The van der Waals surface area contributed by atoms with Crippen LogP contribution in [-0.4, -0.2) is 24.1 Å². The lowest BCUT2D eigenvalue weighted by Gasteiger charge is -1.99. The summed E-state index contributed by atoms with van der Waals surface area (Å²) in [6, 6.07) is 12.3. The van der Waals surface area contributed by atoms with E-state index in [1.807, 2.05) is 30.3 Å². The maximum atomic E-state index is 11.0. The Morgan fingerprint density at radius 2 is 2.07 bits per heavy atom. The quantitative estimate of drug-likeness (QED) is 0.575. The lowest BCUT2D eigenvalue weighted by atomic mass is 10.2. The van der Waals surface area contributed by atoms with E-state index in [4.69, 9.17) is 4.74 Å². The number of carbonyl (C=O) groups excluding carboxylic acids is 1. The van der Waals surface area contributed by atoms with Gasteiger partial charge >= 0.3 is 6.09 Å². The molecule has 70 valence electrons. The molecule has 0 N–H and O–H groups in total. The summed E-state index contributed by atoms with van der Waals surface area (Å²) in [6.45, 7) is 0.987. The van der Waals surface area contributed by atoms with Crippen LogP contribution in [0.25, 0.3) is 0 Å². The van der Waals surface area contributed by atoms with Gasteiger partial charge in [-0.05, 0) is 18.1 Å². The summed E-state index contributed by atoms with van der Waals surface area (Å²) in [7, 11) is 0. The first kappa shape index (κ1) is 8.64. The number of nitrogens with zero attached hydrogens (tertiary/aromatic N) is 1. The van der Waals surface area contributed by atoms with E-state index in [1.165, 1.54) is 4.90 Å². The molecule has 0 unspecified atom stereocenters. The predicted octanol–water partition coefficient (Wildman–Crippen LogP) is 1.45. The first-order valence-electron chi connectivity index (χ1n) is 4.37. The highest BCUT2D eigenvalue weighted by Gasteiger charge is 2.19. The average Bonchev–Trinajstić information content (AvgIpc) is 2.63. The minimum Gasteiger partial charge on any atom is -0.447 e. The molecule has 1 heterocycles. The number of amides is 1. The molecule has 0 aliphatic carbocycles. The van der Waals surface area contributed by atoms with Crippen molar-refractivity contribution in [3.63, 3.8) is 0 Å². The van der Waals surface area contributed by atoms with Crippen LogP contribution in [0.3, 0.4) is 0 Å². The van der Waals surface area contributed by atoms with Crippen molar-refractivity contribution in [2.24, 2.45) is 0 Å². The monoisotopic (exact) mass is 187 g/mol. The summed E-state index contributed by atoms with van der Waals surface area (Å²) in [5, 5.41) is 0. The Bertz CT molecular complexity index is 389. The Kier molecular flexibility index (Phi) is 2.37. The third kappa shape index (κ3) is 1.86. The smallest absolute Gasteiger partial charge is 0.421 e. The van der Waals surface area contributed by atoms with Crippen molar-refractivity contribution in [2.75, 3.05) is 13.2 Å². The van der Waals surface area contributed by atoms with Gasteiger partial charge in [-0.3, -0.25) is 0 Å². The van der Waals surface area contributed by atoms with Crippen molar-refractivity contribution in [1.82, 2.24) is 4.90 Å². The van der Waals surface area contributed by atoms with E-state index in [-0.39, 0.29) is 6.09 Å². The van der Waals surface area contributed by atoms with Crippen LogP contribution in [-0.2, 0) is 4.74 Å². The van der Waals surface area contributed by atoms with Gasteiger partial charge in [0.05, 0.1) is 6.54 Å². The van der Waals surface area contributed by atoms with E-state index in [2.05, 4.69) is 12.0 Å². The molecule has 1 aliphatic heterocycles. The second kappa shape index (κ2) is 3.84. The fourth-order valence-corrected chi connectivity index (χ4v) is 1.15. The number of ether oxygens (including phenoxy) is 1. The zero-order chi connectivity index (χ0) is 9.80. The molecule has 1 aromatic rings. The van der Waals surface area contributed by atoms with Gasteiger partial charge in [-0.25, -0.2) is 9.69 Å². The van der Waals surface area contributed by atoms with Gasteiger partial charge in [-0.1, -0.05) is 18.2 Å². The number of benzene rings is 1. The molecular formula is C11H9NO2. The highest BCUT2D eigenvalue weighted by molar-refractivity contribution is 5.71. The second-order valence-electron chi connectivity index (χ2n) is 2.87. The number of carbonyl (C=O) groups is 1. The van der Waals surface area contributed by atoms with E-state index < -0.39 is 0 Å². The van der Waals surface area contributed by atoms with E-state index in [9.17, 15) is 4.79 Å². The van der Waals surface area contributed by atoms with E-state index in [0.717, 1.165) is 5.56 Å². The van der Waals surface area contributed by atoms with E-state index in [1.54, 1.807) is 0 Å². The first-order chi connectivity index (χ1) is 6.86. The normalized spacial score (nSPS) is 14.6. The van der Waals surface area contributed by atoms with Gasteiger partial charge in [0.1, 0.15) is 6.61 Å². The maximum Gasteiger partial charge on any atom is 0.421 e. The van der Waals surface area contributed by atoms with Crippen LogP contribution in [0.2, 0.25) is 0 Å². The number of hydrogen-bond acceptors (Lipinski definition) is 2. The highest BCUT2D eigenvalue weighted by atomic mass is 16.6. The Balaban J connectivity index is 2.10. The Labute approximate surface area is 82.3 Å². The van der Waals surface area contributed by atoms with E-state index >= 15 is 0 Å². The lowest BCUT2D eigenvalue weighted by Crippen LogP contribution is -2.17. The fourth-order valence-electron chi connectivity index (χ4n) is 1.15. The van der Waals surface area contributed by atoms with Gasteiger partial charge in [0.25, 0.3) is 0 Å². The van der Waals surface area contributed by atoms with Gasteiger partial charge in [0.15, 0.2) is 0 Å². The van der Waals surface area contributed by atoms with Crippen LogP contribution in [0.1, 0.15) is 5.56 Å². The van der Waals surface area contributed by atoms with Gasteiger partial charge < -0.3 is 4.74 Å². The van der Waals surface area contributed by atoms with Crippen LogP contribution in [0.4, 0.5) is 4.79 Å². The molecule has 3 heteroatoms. The van der Waals surface area contributed by atoms with Crippen molar-refractivity contribution in [1.29, 1.82) is 0 Å². The summed E-state index contributed by atoms with van der Waals surface area (Å²) in [6.07, 6.45) is -0.353. The Morgan fingerprint density at radius 1 is 1.29 bits per heavy atom.